The number of nitrogens with zero attached hydrogens (tertiary/aromatic N) is 2. The van der Waals surface area contributed by atoms with Crippen LogP contribution in [0.5, 0.6) is 0 Å². The molecule has 1 aromatic heterocycles. The van der Waals surface area contributed by atoms with Crippen LogP contribution in [0.3, 0.4) is 0 Å². The van der Waals surface area contributed by atoms with Crippen LogP contribution in [0.25, 0.3) is 6.20 Å². The van der Waals surface area contributed by atoms with E-state index in [1.165, 1.54) is 23.3 Å². The van der Waals surface area contributed by atoms with Gasteiger partial charge in [0.2, 0.25) is 0 Å². The van der Waals surface area contributed by atoms with Crippen LogP contribution < -0.4 is 5.73 Å². The summed E-state index contributed by atoms with van der Waals surface area (Å²) in [6.07, 6.45) is 3.94. The van der Waals surface area contributed by atoms with Gasteiger partial charge in [0.15, 0.2) is 0 Å². The lowest BCUT2D eigenvalue weighted by Gasteiger charge is -2.05. The Bertz CT molecular complexity index is 358. The second-order valence-corrected chi connectivity index (χ2v) is 3.24. The highest BCUT2D eigenvalue weighted by atomic mass is 19.3. The second-order valence-electron chi connectivity index (χ2n) is 3.24. The minimum absolute atomic E-state index is 0.303. The Morgan fingerprint density at radius 3 is 2.69 bits per heavy atom. The standard InChI is InChI=1S/C8H9F2N3/c1-2-13-4-6(3-12-13)7(11)5-8(7,9)10/h2-4H,1,5,11H2. The molecule has 1 saturated carbocycles. The molecular formula is C8H9F2N3. The van der Waals surface area contributed by atoms with Crippen LogP contribution in [0.2, 0.25) is 0 Å². The molecule has 1 unspecified atom stereocenters. The van der Waals surface area contributed by atoms with Gasteiger partial charge in [-0.15, -0.1) is 0 Å². The van der Waals surface area contributed by atoms with Crippen LogP contribution >= 0.6 is 0 Å². The lowest BCUT2D eigenvalue weighted by atomic mass is 10.1. The van der Waals surface area contributed by atoms with Gasteiger partial charge in [-0.25, -0.2) is 13.5 Å². The summed E-state index contributed by atoms with van der Waals surface area (Å²) in [6, 6.07) is 0. The van der Waals surface area contributed by atoms with Crippen molar-refractivity contribution in [3.8, 4) is 0 Å². The number of alkyl halides is 2. The molecule has 1 fully saturated rings. The molecule has 1 aliphatic carbocycles. The lowest BCUT2D eigenvalue weighted by Crippen LogP contribution is -2.26. The maximum absolute atomic E-state index is 12.8. The summed E-state index contributed by atoms with van der Waals surface area (Å²) in [5.41, 5.74) is 4.33. The van der Waals surface area contributed by atoms with Gasteiger partial charge in [0.05, 0.1) is 6.20 Å². The summed E-state index contributed by atoms with van der Waals surface area (Å²) in [6.45, 7) is 3.46. The van der Waals surface area contributed by atoms with Crippen molar-refractivity contribution in [2.45, 2.75) is 17.9 Å². The Morgan fingerprint density at radius 2 is 2.31 bits per heavy atom. The van der Waals surface area contributed by atoms with Gasteiger partial charge in [0.1, 0.15) is 5.54 Å². The zero-order valence-corrected chi connectivity index (χ0v) is 6.87. The molecule has 5 heteroatoms. The molecule has 2 rings (SSSR count). The van der Waals surface area contributed by atoms with Gasteiger partial charge in [-0.1, -0.05) is 6.58 Å². The summed E-state index contributed by atoms with van der Waals surface area (Å²) in [5, 5.41) is 3.79. The maximum Gasteiger partial charge on any atom is 0.272 e. The van der Waals surface area contributed by atoms with E-state index in [-0.39, 0.29) is 6.42 Å². The number of hydrogen-bond acceptors (Lipinski definition) is 2. The van der Waals surface area contributed by atoms with E-state index in [0.29, 0.717) is 5.56 Å². The molecule has 0 amide bonds. The zero-order valence-electron chi connectivity index (χ0n) is 6.87. The Labute approximate surface area is 73.8 Å². The molecule has 70 valence electrons. The highest BCUT2D eigenvalue weighted by Crippen LogP contribution is 2.57. The van der Waals surface area contributed by atoms with E-state index >= 15 is 0 Å². The average Bonchev–Trinajstić information content (AvgIpc) is 2.53. The first kappa shape index (κ1) is 8.37. The first-order valence-corrected chi connectivity index (χ1v) is 3.83. The Morgan fingerprint density at radius 1 is 1.69 bits per heavy atom. The molecule has 0 saturated heterocycles. The van der Waals surface area contributed by atoms with Crippen molar-refractivity contribution >= 4 is 6.20 Å². The summed E-state index contributed by atoms with van der Waals surface area (Å²) in [7, 11) is 0. The molecular weight excluding hydrogens is 176 g/mol. The van der Waals surface area contributed by atoms with Crippen LogP contribution in [0.4, 0.5) is 8.78 Å². The Balaban J connectivity index is 2.33. The first-order valence-electron chi connectivity index (χ1n) is 3.83. The topological polar surface area (TPSA) is 43.8 Å². The molecule has 0 spiro atoms. The molecule has 1 aliphatic rings. The van der Waals surface area contributed by atoms with E-state index in [9.17, 15) is 8.78 Å². The summed E-state index contributed by atoms with van der Waals surface area (Å²) >= 11 is 0. The van der Waals surface area contributed by atoms with Gasteiger partial charge in [-0.3, -0.25) is 0 Å². The van der Waals surface area contributed by atoms with E-state index in [0.717, 1.165) is 0 Å². The van der Waals surface area contributed by atoms with Crippen LogP contribution in [0.1, 0.15) is 12.0 Å². The third-order valence-electron chi connectivity index (χ3n) is 2.33. The van der Waals surface area contributed by atoms with E-state index in [4.69, 9.17) is 5.73 Å². The Hall–Kier alpha value is -1.23. The third-order valence-corrected chi connectivity index (χ3v) is 2.33. The zero-order chi connectivity index (χ0) is 9.69. The number of rotatable bonds is 2. The molecule has 0 radical (unpaired) electrons. The van der Waals surface area contributed by atoms with Crippen molar-refractivity contribution in [2.24, 2.45) is 5.73 Å². The average molecular weight is 185 g/mol. The van der Waals surface area contributed by atoms with E-state index in [2.05, 4.69) is 11.7 Å². The highest BCUT2D eigenvalue weighted by Gasteiger charge is 2.70. The molecule has 1 atom stereocenters. The molecule has 0 bridgehead atoms. The molecule has 3 nitrogen and oxygen atoms in total. The van der Waals surface area contributed by atoms with Gasteiger partial charge in [0, 0.05) is 24.4 Å². The number of nitrogens with two attached hydrogens (primary N) is 1. The normalized spacial score (nSPS) is 30.1. The van der Waals surface area contributed by atoms with Crippen LogP contribution in [0, 0.1) is 0 Å². The number of halogens is 2. The van der Waals surface area contributed by atoms with E-state index in [1.807, 2.05) is 0 Å². The van der Waals surface area contributed by atoms with Gasteiger partial charge in [0.25, 0.3) is 5.92 Å². The molecule has 1 heterocycles. The molecule has 2 N–H and O–H groups in total. The smallest absolute Gasteiger partial charge is 0.272 e. The fourth-order valence-electron chi connectivity index (χ4n) is 1.29. The number of hydrogen-bond donors (Lipinski definition) is 1. The van der Waals surface area contributed by atoms with Crippen molar-refractivity contribution in [1.29, 1.82) is 0 Å². The quantitative estimate of drug-likeness (QED) is 0.751. The third kappa shape index (κ3) is 1.00. The molecule has 0 aliphatic heterocycles. The fraction of sp³-hybridized carbons (Fsp3) is 0.375. The van der Waals surface area contributed by atoms with Crippen LogP contribution in [-0.2, 0) is 5.54 Å². The van der Waals surface area contributed by atoms with Crippen molar-refractivity contribution in [1.82, 2.24) is 9.78 Å². The van der Waals surface area contributed by atoms with Gasteiger partial charge < -0.3 is 5.73 Å². The maximum atomic E-state index is 12.8. The second kappa shape index (κ2) is 2.17. The van der Waals surface area contributed by atoms with Crippen molar-refractivity contribution in [2.75, 3.05) is 0 Å². The van der Waals surface area contributed by atoms with Gasteiger partial charge in [-0.2, -0.15) is 5.10 Å². The van der Waals surface area contributed by atoms with Crippen molar-refractivity contribution in [3.63, 3.8) is 0 Å². The number of aromatic nitrogens is 2. The minimum Gasteiger partial charge on any atom is -0.316 e. The van der Waals surface area contributed by atoms with Crippen molar-refractivity contribution in [3.05, 3.63) is 24.5 Å². The van der Waals surface area contributed by atoms with E-state index < -0.39 is 11.5 Å². The van der Waals surface area contributed by atoms with E-state index in [1.54, 1.807) is 0 Å². The summed E-state index contributed by atoms with van der Waals surface area (Å²) in [5.74, 6) is -2.79. The largest absolute Gasteiger partial charge is 0.316 e. The van der Waals surface area contributed by atoms with Crippen molar-refractivity contribution < 1.29 is 8.78 Å². The van der Waals surface area contributed by atoms with Gasteiger partial charge >= 0.3 is 0 Å². The Kier molecular flexibility index (Phi) is 1.40. The first-order chi connectivity index (χ1) is 5.99. The SMILES string of the molecule is C=Cn1cc(C2(N)CC2(F)F)cn1. The van der Waals surface area contributed by atoms with Crippen LogP contribution in [-0.4, -0.2) is 15.7 Å². The highest BCUT2D eigenvalue weighted by molar-refractivity contribution is 5.34. The summed E-state index contributed by atoms with van der Waals surface area (Å²) < 4.78 is 26.9. The lowest BCUT2D eigenvalue weighted by molar-refractivity contribution is 0.0891. The van der Waals surface area contributed by atoms with Gasteiger partial charge in [-0.05, 0) is 0 Å². The molecule has 0 aromatic carbocycles. The monoisotopic (exact) mass is 185 g/mol. The predicted octanol–water partition coefficient (Wildman–Crippen LogP) is 1.18. The van der Waals surface area contributed by atoms with Crippen LogP contribution in [0.15, 0.2) is 19.0 Å². The molecule has 13 heavy (non-hydrogen) atoms. The molecule has 1 aromatic rings. The minimum atomic E-state index is -2.79. The predicted molar refractivity (Wildman–Crippen MR) is 44.0 cm³/mol. The fourth-order valence-corrected chi connectivity index (χ4v) is 1.29. The summed E-state index contributed by atoms with van der Waals surface area (Å²) in [4.78, 5) is 0.